The second kappa shape index (κ2) is 6.42. The summed E-state index contributed by atoms with van der Waals surface area (Å²) in [6.45, 7) is 8.29. The molecule has 3 unspecified atom stereocenters. The maximum absolute atomic E-state index is 12.1. The molecule has 1 heterocycles. The van der Waals surface area contributed by atoms with Crippen LogP contribution >= 0.6 is 0 Å². The number of carboxylic acids is 1. The summed E-state index contributed by atoms with van der Waals surface area (Å²) in [7, 11) is 0. The van der Waals surface area contributed by atoms with Crippen LogP contribution in [0.1, 0.15) is 33.1 Å². The Morgan fingerprint density at radius 3 is 2.72 bits per heavy atom. The Hall–Kier alpha value is -1.52. The van der Waals surface area contributed by atoms with Gasteiger partial charge < -0.3 is 15.3 Å². The van der Waals surface area contributed by atoms with E-state index in [1.54, 1.807) is 4.90 Å². The Labute approximate surface area is 108 Å². The van der Waals surface area contributed by atoms with Gasteiger partial charge in [0.2, 0.25) is 0 Å². The molecule has 1 aliphatic heterocycles. The van der Waals surface area contributed by atoms with E-state index in [-0.39, 0.29) is 18.5 Å². The molecule has 1 fully saturated rings. The number of rotatable bonds is 4. The first-order valence-electron chi connectivity index (χ1n) is 6.36. The number of carbonyl (C=O) groups is 2. The maximum Gasteiger partial charge on any atom is 0.326 e. The van der Waals surface area contributed by atoms with Crippen molar-refractivity contribution in [2.24, 2.45) is 5.92 Å². The fourth-order valence-corrected chi connectivity index (χ4v) is 2.19. The Morgan fingerprint density at radius 2 is 2.17 bits per heavy atom. The molecule has 1 aliphatic rings. The van der Waals surface area contributed by atoms with Crippen LogP contribution in [0.4, 0.5) is 4.79 Å². The molecule has 5 nitrogen and oxygen atoms in total. The fourth-order valence-electron chi connectivity index (χ4n) is 2.19. The molecule has 102 valence electrons. The summed E-state index contributed by atoms with van der Waals surface area (Å²) in [6.07, 6.45) is 3.81. The summed E-state index contributed by atoms with van der Waals surface area (Å²) in [5.74, 6) is -0.560. The minimum Gasteiger partial charge on any atom is -0.480 e. The van der Waals surface area contributed by atoms with Gasteiger partial charge in [-0.05, 0) is 32.1 Å². The van der Waals surface area contributed by atoms with Crippen molar-refractivity contribution in [1.29, 1.82) is 0 Å². The standard InChI is InChI=1S/C13H22N2O3/c1-4-5-11(12(16)17)14-13(18)15-8-9(2)6-7-10(15)3/h4,9-11H,1,5-8H2,2-3H3,(H,14,18)(H,16,17). The highest BCUT2D eigenvalue weighted by molar-refractivity contribution is 5.82. The minimum absolute atomic E-state index is 0.166. The number of nitrogens with one attached hydrogen (secondary N) is 1. The van der Waals surface area contributed by atoms with Crippen LogP contribution in [0.2, 0.25) is 0 Å². The van der Waals surface area contributed by atoms with Crippen molar-refractivity contribution in [2.45, 2.75) is 45.2 Å². The van der Waals surface area contributed by atoms with E-state index >= 15 is 0 Å². The van der Waals surface area contributed by atoms with Crippen LogP contribution < -0.4 is 5.32 Å². The van der Waals surface area contributed by atoms with Gasteiger partial charge >= 0.3 is 12.0 Å². The van der Waals surface area contributed by atoms with E-state index in [1.165, 1.54) is 6.08 Å². The number of amides is 2. The molecular formula is C13H22N2O3. The molecule has 3 atom stereocenters. The molecule has 0 aromatic heterocycles. The quantitative estimate of drug-likeness (QED) is 0.752. The maximum atomic E-state index is 12.1. The zero-order valence-electron chi connectivity index (χ0n) is 11.1. The average Bonchev–Trinajstić information content (AvgIpc) is 2.31. The van der Waals surface area contributed by atoms with Gasteiger partial charge in [0.15, 0.2) is 0 Å². The van der Waals surface area contributed by atoms with Crippen molar-refractivity contribution in [3.05, 3.63) is 12.7 Å². The lowest BCUT2D eigenvalue weighted by atomic mass is 9.95. The van der Waals surface area contributed by atoms with Gasteiger partial charge in [-0.25, -0.2) is 9.59 Å². The van der Waals surface area contributed by atoms with E-state index < -0.39 is 12.0 Å². The summed E-state index contributed by atoms with van der Waals surface area (Å²) in [5, 5.41) is 11.5. The number of aliphatic carboxylic acids is 1. The van der Waals surface area contributed by atoms with Crippen molar-refractivity contribution >= 4 is 12.0 Å². The largest absolute Gasteiger partial charge is 0.480 e. The Morgan fingerprint density at radius 1 is 1.50 bits per heavy atom. The molecule has 5 heteroatoms. The van der Waals surface area contributed by atoms with Gasteiger partial charge in [0, 0.05) is 12.6 Å². The van der Waals surface area contributed by atoms with Crippen LogP contribution in [0.3, 0.4) is 0 Å². The zero-order valence-corrected chi connectivity index (χ0v) is 11.1. The molecule has 1 rings (SSSR count). The summed E-state index contributed by atoms with van der Waals surface area (Å²) < 4.78 is 0. The number of hydrogen-bond donors (Lipinski definition) is 2. The highest BCUT2D eigenvalue weighted by Crippen LogP contribution is 2.21. The first-order chi connectivity index (χ1) is 8.45. The smallest absolute Gasteiger partial charge is 0.326 e. The van der Waals surface area contributed by atoms with E-state index in [0.717, 1.165) is 12.8 Å². The molecule has 0 saturated carbocycles. The molecule has 0 radical (unpaired) electrons. The number of urea groups is 1. The number of carboxylic acid groups (broad SMARTS) is 1. The van der Waals surface area contributed by atoms with Gasteiger partial charge in [-0.1, -0.05) is 13.0 Å². The first-order valence-corrected chi connectivity index (χ1v) is 6.36. The summed E-state index contributed by atoms with van der Waals surface area (Å²) in [6, 6.07) is -1.01. The summed E-state index contributed by atoms with van der Waals surface area (Å²) in [5.41, 5.74) is 0. The predicted octanol–water partition coefficient (Wildman–Crippen LogP) is 1.85. The summed E-state index contributed by atoms with van der Waals surface area (Å²) >= 11 is 0. The fraction of sp³-hybridized carbons (Fsp3) is 0.692. The molecule has 0 aliphatic carbocycles. The third-order valence-electron chi connectivity index (χ3n) is 3.38. The highest BCUT2D eigenvalue weighted by Gasteiger charge is 2.29. The lowest BCUT2D eigenvalue weighted by Gasteiger charge is -2.37. The molecule has 0 aromatic rings. The van der Waals surface area contributed by atoms with E-state index in [1.807, 2.05) is 6.92 Å². The molecule has 0 spiro atoms. The van der Waals surface area contributed by atoms with E-state index in [4.69, 9.17) is 5.11 Å². The average molecular weight is 254 g/mol. The van der Waals surface area contributed by atoms with Crippen LogP contribution in [-0.2, 0) is 4.79 Å². The van der Waals surface area contributed by atoms with E-state index in [2.05, 4.69) is 18.8 Å². The number of likely N-dealkylation sites (tertiary alicyclic amines) is 1. The summed E-state index contributed by atoms with van der Waals surface area (Å²) in [4.78, 5) is 24.8. The monoisotopic (exact) mass is 254 g/mol. The third-order valence-corrected chi connectivity index (χ3v) is 3.38. The third kappa shape index (κ3) is 3.75. The topological polar surface area (TPSA) is 69.6 Å². The molecule has 2 N–H and O–H groups in total. The molecule has 1 saturated heterocycles. The van der Waals surface area contributed by atoms with Gasteiger partial charge in [-0.2, -0.15) is 0 Å². The Kier molecular flexibility index (Phi) is 5.19. The molecular weight excluding hydrogens is 232 g/mol. The van der Waals surface area contributed by atoms with Gasteiger partial charge in [-0.15, -0.1) is 6.58 Å². The number of nitrogens with zero attached hydrogens (tertiary/aromatic N) is 1. The lowest BCUT2D eigenvalue weighted by Crippen LogP contribution is -2.53. The van der Waals surface area contributed by atoms with E-state index in [9.17, 15) is 9.59 Å². The van der Waals surface area contributed by atoms with Crippen molar-refractivity contribution < 1.29 is 14.7 Å². The van der Waals surface area contributed by atoms with Crippen LogP contribution in [0.25, 0.3) is 0 Å². The number of carbonyl (C=O) groups excluding carboxylic acids is 1. The Bertz CT molecular complexity index is 330. The second-order valence-corrected chi connectivity index (χ2v) is 5.05. The van der Waals surface area contributed by atoms with Gasteiger partial charge in [0.25, 0.3) is 0 Å². The van der Waals surface area contributed by atoms with Gasteiger partial charge in [0.1, 0.15) is 6.04 Å². The molecule has 0 bridgehead atoms. The van der Waals surface area contributed by atoms with Crippen LogP contribution in [0.5, 0.6) is 0 Å². The van der Waals surface area contributed by atoms with Crippen molar-refractivity contribution in [3.8, 4) is 0 Å². The normalized spacial score (nSPS) is 25.3. The van der Waals surface area contributed by atoms with Crippen LogP contribution in [-0.4, -0.2) is 40.6 Å². The highest BCUT2D eigenvalue weighted by atomic mass is 16.4. The van der Waals surface area contributed by atoms with Crippen molar-refractivity contribution in [1.82, 2.24) is 10.2 Å². The van der Waals surface area contributed by atoms with E-state index in [0.29, 0.717) is 12.5 Å². The lowest BCUT2D eigenvalue weighted by molar-refractivity contribution is -0.139. The molecule has 0 aromatic carbocycles. The Balaban J connectivity index is 2.62. The second-order valence-electron chi connectivity index (χ2n) is 5.05. The number of piperidine rings is 1. The number of hydrogen-bond acceptors (Lipinski definition) is 2. The van der Waals surface area contributed by atoms with Crippen LogP contribution in [0, 0.1) is 5.92 Å². The zero-order chi connectivity index (χ0) is 13.7. The van der Waals surface area contributed by atoms with Crippen molar-refractivity contribution in [3.63, 3.8) is 0 Å². The molecule has 18 heavy (non-hydrogen) atoms. The van der Waals surface area contributed by atoms with Gasteiger partial charge in [0.05, 0.1) is 0 Å². The van der Waals surface area contributed by atoms with Gasteiger partial charge in [-0.3, -0.25) is 0 Å². The predicted molar refractivity (Wildman–Crippen MR) is 69.3 cm³/mol. The SMILES string of the molecule is C=CCC(NC(=O)N1CC(C)CCC1C)C(=O)O. The van der Waals surface area contributed by atoms with Crippen molar-refractivity contribution in [2.75, 3.05) is 6.54 Å². The van der Waals surface area contributed by atoms with Crippen LogP contribution in [0.15, 0.2) is 12.7 Å². The molecule has 2 amide bonds. The first kappa shape index (κ1) is 14.5. The minimum atomic E-state index is -1.03.